The molecule has 0 amide bonds. The minimum atomic E-state index is -0.378. The van der Waals surface area contributed by atoms with Crippen molar-refractivity contribution in [2.24, 2.45) is 0 Å². The van der Waals surface area contributed by atoms with Crippen LogP contribution in [0, 0.1) is 0 Å². The van der Waals surface area contributed by atoms with Gasteiger partial charge in [-0.3, -0.25) is 0 Å². The Kier molecular flexibility index (Phi) is 4.88. The molecule has 20 heavy (non-hydrogen) atoms. The van der Waals surface area contributed by atoms with Gasteiger partial charge in [-0.25, -0.2) is 4.79 Å². The van der Waals surface area contributed by atoms with Gasteiger partial charge in [0.25, 0.3) is 0 Å². The Bertz CT molecular complexity index is 609. The van der Waals surface area contributed by atoms with Crippen molar-refractivity contribution in [3.8, 4) is 0 Å². The van der Waals surface area contributed by atoms with Crippen molar-refractivity contribution < 1.29 is 9.53 Å². The number of para-hydroxylation sites is 1. The zero-order chi connectivity index (χ0) is 14.5. The maximum absolute atomic E-state index is 11.6. The molecule has 0 heterocycles. The molecule has 104 valence electrons. The first-order valence-electron chi connectivity index (χ1n) is 5.96. The van der Waals surface area contributed by atoms with Gasteiger partial charge in [-0.1, -0.05) is 35.3 Å². The van der Waals surface area contributed by atoms with Crippen LogP contribution in [0.4, 0.5) is 5.69 Å². The molecular formula is C15H13Cl2NO2. The number of carbonyl (C=O) groups is 1. The first-order valence-corrected chi connectivity index (χ1v) is 6.72. The third kappa shape index (κ3) is 3.65. The zero-order valence-corrected chi connectivity index (χ0v) is 12.3. The number of rotatable bonds is 4. The van der Waals surface area contributed by atoms with Gasteiger partial charge >= 0.3 is 5.97 Å². The molecule has 3 nitrogen and oxygen atoms in total. The van der Waals surface area contributed by atoms with E-state index in [0.717, 1.165) is 5.56 Å². The van der Waals surface area contributed by atoms with Crippen LogP contribution < -0.4 is 5.32 Å². The Hall–Kier alpha value is -1.71. The second-order valence-electron chi connectivity index (χ2n) is 4.17. The smallest absolute Gasteiger partial charge is 0.339 e. The quantitative estimate of drug-likeness (QED) is 0.851. The van der Waals surface area contributed by atoms with Crippen LogP contribution in [0.5, 0.6) is 0 Å². The summed E-state index contributed by atoms with van der Waals surface area (Å²) in [6.07, 6.45) is 0. The molecule has 0 unspecified atom stereocenters. The molecule has 0 bridgehead atoms. The lowest BCUT2D eigenvalue weighted by molar-refractivity contribution is 0.0602. The van der Waals surface area contributed by atoms with Crippen molar-refractivity contribution in [1.29, 1.82) is 0 Å². The summed E-state index contributed by atoms with van der Waals surface area (Å²) in [7, 11) is 1.36. The summed E-state index contributed by atoms with van der Waals surface area (Å²) in [6.45, 7) is 0.508. The van der Waals surface area contributed by atoms with E-state index in [0.29, 0.717) is 27.8 Å². The van der Waals surface area contributed by atoms with Crippen molar-refractivity contribution in [1.82, 2.24) is 0 Å². The predicted octanol–water partition coefficient (Wildman–Crippen LogP) is 4.39. The summed E-state index contributed by atoms with van der Waals surface area (Å²) in [5.41, 5.74) is 2.13. The molecule has 0 fully saturated rings. The molecule has 0 aliphatic rings. The van der Waals surface area contributed by atoms with Crippen molar-refractivity contribution in [2.75, 3.05) is 12.4 Å². The average Bonchev–Trinajstić information content (AvgIpc) is 2.43. The van der Waals surface area contributed by atoms with E-state index in [-0.39, 0.29) is 5.97 Å². The van der Waals surface area contributed by atoms with Gasteiger partial charge in [0.15, 0.2) is 0 Å². The number of benzene rings is 2. The molecule has 2 rings (SSSR count). The van der Waals surface area contributed by atoms with E-state index in [1.165, 1.54) is 7.11 Å². The van der Waals surface area contributed by atoms with Crippen LogP contribution >= 0.6 is 23.2 Å². The first-order chi connectivity index (χ1) is 9.60. The summed E-state index contributed by atoms with van der Waals surface area (Å²) >= 11 is 11.9. The second-order valence-corrected chi connectivity index (χ2v) is 5.04. The third-order valence-corrected chi connectivity index (χ3v) is 3.17. The minimum Gasteiger partial charge on any atom is -0.465 e. The number of hydrogen-bond donors (Lipinski definition) is 1. The lowest BCUT2D eigenvalue weighted by Crippen LogP contribution is -2.08. The standard InChI is InChI=1S/C15H13Cl2NO2/c1-20-15(19)13-4-2-3-5-14(13)18-9-10-6-11(16)8-12(17)7-10/h2-8,18H,9H2,1H3. The number of halogens is 2. The number of ether oxygens (including phenoxy) is 1. The van der Waals surface area contributed by atoms with Gasteiger partial charge in [0, 0.05) is 22.3 Å². The fourth-order valence-corrected chi connectivity index (χ4v) is 2.41. The fraction of sp³-hybridized carbons (Fsp3) is 0.133. The number of nitrogens with one attached hydrogen (secondary N) is 1. The lowest BCUT2D eigenvalue weighted by atomic mass is 10.1. The molecule has 2 aromatic carbocycles. The van der Waals surface area contributed by atoms with Crippen LogP contribution in [0.1, 0.15) is 15.9 Å². The van der Waals surface area contributed by atoms with Crippen LogP contribution in [0.2, 0.25) is 10.0 Å². The minimum absolute atomic E-state index is 0.378. The van der Waals surface area contributed by atoms with Gasteiger partial charge in [0.05, 0.1) is 12.7 Å². The highest BCUT2D eigenvalue weighted by molar-refractivity contribution is 6.34. The zero-order valence-electron chi connectivity index (χ0n) is 10.8. The topological polar surface area (TPSA) is 38.3 Å². The summed E-state index contributed by atoms with van der Waals surface area (Å²) in [6, 6.07) is 12.5. The van der Waals surface area contributed by atoms with E-state index < -0.39 is 0 Å². The van der Waals surface area contributed by atoms with Crippen LogP contribution in [-0.2, 0) is 11.3 Å². The van der Waals surface area contributed by atoms with Gasteiger partial charge in [-0.15, -0.1) is 0 Å². The monoisotopic (exact) mass is 309 g/mol. The lowest BCUT2D eigenvalue weighted by Gasteiger charge is -2.11. The van der Waals surface area contributed by atoms with Crippen molar-refractivity contribution in [2.45, 2.75) is 6.54 Å². The van der Waals surface area contributed by atoms with E-state index in [9.17, 15) is 4.79 Å². The molecule has 2 aromatic rings. The molecule has 0 aliphatic heterocycles. The molecule has 0 aliphatic carbocycles. The van der Waals surface area contributed by atoms with Crippen LogP contribution in [0.25, 0.3) is 0 Å². The summed E-state index contributed by atoms with van der Waals surface area (Å²) < 4.78 is 4.75. The highest BCUT2D eigenvalue weighted by Crippen LogP contribution is 2.21. The normalized spacial score (nSPS) is 10.2. The highest BCUT2D eigenvalue weighted by atomic mass is 35.5. The summed E-state index contributed by atoms with van der Waals surface area (Å²) in [4.78, 5) is 11.6. The van der Waals surface area contributed by atoms with E-state index in [4.69, 9.17) is 27.9 Å². The number of esters is 1. The van der Waals surface area contributed by atoms with Gasteiger partial charge < -0.3 is 10.1 Å². The fourth-order valence-electron chi connectivity index (χ4n) is 1.84. The predicted molar refractivity (Wildman–Crippen MR) is 81.6 cm³/mol. The maximum atomic E-state index is 11.6. The molecular weight excluding hydrogens is 297 g/mol. The molecule has 0 aromatic heterocycles. The maximum Gasteiger partial charge on any atom is 0.339 e. The molecule has 0 atom stereocenters. The second kappa shape index (κ2) is 6.64. The van der Waals surface area contributed by atoms with Gasteiger partial charge in [-0.2, -0.15) is 0 Å². The summed E-state index contributed by atoms with van der Waals surface area (Å²) in [5.74, 6) is -0.378. The number of methoxy groups -OCH3 is 1. The number of hydrogen-bond acceptors (Lipinski definition) is 3. The SMILES string of the molecule is COC(=O)c1ccccc1NCc1cc(Cl)cc(Cl)c1. The van der Waals surface area contributed by atoms with Crippen LogP contribution in [0.15, 0.2) is 42.5 Å². The summed E-state index contributed by atoms with van der Waals surface area (Å²) in [5, 5.41) is 4.34. The molecule has 5 heteroatoms. The number of carbonyl (C=O) groups excluding carboxylic acids is 1. The highest BCUT2D eigenvalue weighted by Gasteiger charge is 2.10. The molecule has 1 N–H and O–H groups in total. The number of anilines is 1. The molecule has 0 spiro atoms. The van der Waals surface area contributed by atoms with E-state index in [2.05, 4.69) is 5.32 Å². The van der Waals surface area contributed by atoms with Gasteiger partial charge in [0.2, 0.25) is 0 Å². The van der Waals surface area contributed by atoms with Gasteiger partial charge in [-0.05, 0) is 35.9 Å². The largest absolute Gasteiger partial charge is 0.465 e. The third-order valence-electron chi connectivity index (χ3n) is 2.74. The van der Waals surface area contributed by atoms with Crippen molar-refractivity contribution in [3.05, 3.63) is 63.6 Å². The Morgan fingerprint density at radius 1 is 1.15 bits per heavy atom. The van der Waals surface area contributed by atoms with Gasteiger partial charge in [0.1, 0.15) is 0 Å². The Morgan fingerprint density at radius 3 is 2.45 bits per heavy atom. The first kappa shape index (κ1) is 14.7. The van der Waals surface area contributed by atoms with Crippen molar-refractivity contribution >= 4 is 34.9 Å². The molecule has 0 saturated carbocycles. The Morgan fingerprint density at radius 2 is 1.80 bits per heavy atom. The van der Waals surface area contributed by atoms with Crippen LogP contribution in [0.3, 0.4) is 0 Å². The molecule has 0 saturated heterocycles. The van der Waals surface area contributed by atoms with Crippen LogP contribution in [-0.4, -0.2) is 13.1 Å². The Labute approximate surface area is 127 Å². The van der Waals surface area contributed by atoms with E-state index in [1.54, 1.807) is 18.2 Å². The van der Waals surface area contributed by atoms with E-state index >= 15 is 0 Å². The molecule has 0 radical (unpaired) electrons. The van der Waals surface area contributed by atoms with Crippen molar-refractivity contribution in [3.63, 3.8) is 0 Å². The average molecular weight is 310 g/mol. The van der Waals surface area contributed by atoms with E-state index in [1.807, 2.05) is 24.3 Å². The Balaban J connectivity index is 2.16.